The third-order valence-electron chi connectivity index (χ3n) is 9.89. The molecule has 1 aliphatic carbocycles. The van der Waals surface area contributed by atoms with Gasteiger partial charge in [-0.15, -0.1) is 0 Å². The number of phenolic OH excluding ortho intramolecular Hbond substituents is 1. The van der Waals surface area contributed by atoms with Crippen molar-refractivity contribution in [2.45, 2.75) is 31.3 Å². The molecule has 12 nitrogen and oxygen atoms in total. The minimum absolute atomic E-state index is 0.117. The summed E-state index contributed by atoms with van der Waals surface area (Å²) in [7, 11) is 4.30. The van der Waals surface area contributed by atoms with Crippen molar-refractivity contribution in [1.29, 1.82) is 0 Å². The van der Waals surface area contributed by atoms with Gasteiger partial charge in [-0.25, -0.2) is 23.5 Å². The van der Waals surface area contributed by atoms with Crippen LogP contribution in [0.1, 0.15) is 29.2 Å². The van der Waals surface area contributed by atoms with E-state index in [2.05, 4.69) is 5.43 Å². The fourth-order valence-electron chi connectivity index (χ4n) is 7.58. The average Bonchev–Trinajstić information content (AvgIpc) is 3.45. The van der Waals surface area contributed by atoms with Crippen LogP contribution >= 0.6 is 0 Å². The molecule has 3 aliphatic rings. The molecule has 246 valence electrons. The molecule has 3 heterocycles. The van der Waals surface area contributed by atoms with Gasteiger partial charge in [-0.1, -0.05) is 66.3 Å². The molecule has 12 heteroatoms. The second-order valence-corrected chi connectivity index (χ2v) is 12.4. The van der Waals surface area contributed by atoms with E-state index in [1.165, 1.54) is 30.6 Å². The number of fused-ring (bicyclic) bond motifs is 4. The van der Waals surface area contributed by atoms with Gasteiger partial charge in [-0.3, -0.25) is 15.0 Å². The Bertz CT molecular complexity index is 2100. The molecule has 4 atom stereocenters. The first-order valence-electron chi connectivity index (χ1n) is 15.6. The highest BCUT2D eigenvalue weighted by Crippen LogP contribution is 2.58. The number of methoxy groups -OCH3 is 2. The Labute approximate surface area is 275 Å². The third kappa shape index (κ3) is 4.43. The number of aromatic nitrogens is 3. The largest absolute Gasteiger partial charge is 0.502 e. The highest BCUT2D eigenvalue weighted by molar-refractivity contribution is 6.12. The molecule has 0 bridgehead atoms. The van der Waals surface area contributed by atoms with Crippen LogP contribution in [0.15, 0.2) is 94.0 Å². The molecule has 0 spiro atoms. The zero-order chi connectivity index (χ0) is 33.9. The van der Waals surface area contributed by atoms with Crippen molar-refractivity contribution in [3.8, 4) is 17.2 Å². The first-order chi connectivity index (χ1) is 23.1. The van der Waals surface area contributed by atoms with Gasteiger partial charge in [0, 0.05) is 13.0 Å². The van der Waals surface area contributed by atoms with Crippen LogP contribution in [-0.4, -0.2) is 50.1 Å². The zero-order valence-corrected chi connectivity index (χ0v) is 26.9. The standard InChI is InChI=1S/C36H35N5O7/c1-21-10-13-24(14-11-21)37-40-32(43)27-20-28-25(16-17-39-34(45)38(2)35(46)41(28)39)26(36(27,33(40)44)23-8-6-5-7-9-23)15-12-22-18-29(47-3)31(42)30(19-22)48-4/h5-16,18-19,26-28,37,42H,17,20H2,1-4H3/t26-,27-,28+,36-/m0/s1. The van der Waals surface area contributed by atoms with Crippen LogP contribution in [0.25, 0.3) is 6.08 Å². The first-order valence-corrected chi connectivity index (χ1v) is 15.6. The number of carbonyl (C=O) groups is 2. The predicted molar refractivity (Wildman–Crippen MR) is 178 cm³/mol. The van der Waals surface area contributed by atoms with Gasteiger partial charge >= 0.3 is 11.4 Å². The lowest BCUT2D eigenvalue weighted by atomic mass is 9.54. The molecule has 1 aromatic heterocycles. The Hall–Kier alpha value is -5.78. The zero-order valence-electron chi connectivity index (χ0n) is 26.9. The van der Waals surface area contributed by atoms with E-state index in [9.17, 15) is 19.5 Å². The van der Waals surface area contributed by atoms with Gasteiger partial charge in [0.2, 0.25) is 5.75 Å². The maximum atomic E-state index is 15.0. The van der Waals surface area contributed by atoms with Crippen LogP contribution in [0, 0.1) is 18.8 Å². The fraction of sp³-hybridized carbons (Fsp3) is 0.278. The topological polar surface area (TPSA) is 137 Å². The Morgan fingerprint density at radius 2 is 1.60 bits per heavy atom. The predicted octanol–water partition coefficient (Wildman–Crippen LogP) is 3.54. The number of aryl methyl sites for hydroxylation is 1. The molecular formula is C36H35N5O7. The first kappa shape index (κ1) is 30.9. The van der Waals surface area contributed by atoms with E-state index in [1.54, 1.807) is 30.3 Å². The number of hydrogen-bond donors (Lipinski definition) is 2. The van der Waals surface area contributed by atoms with E-state index < -0.39 is 46.5 Å². The number of rotatable bonds is 7. The van der Waals surface area contributed by atoms with E-state index in [0.717, 1.165) is 20.7 Å². The molecule has 3 aromatic carbocycles. The molecule has 1 saturated carbocycles. The second kappa shape index (κ2) is 11.5. The minimum atomic E-state index is -1.40. The monoisotopic (exact) mass is 649 g/mol. The van der Waals surface area contributed by atoms with Gasteiger partial charge in [0.25, 0.3) is 11.8 Å². The number of aromatic hydroxyl groups is 1. The summed E-state index contributed by atoms with van der Waals surface area (Å²) in [4.78, 5) is 56.1. The summed E-state index contributed by atoms with van der Waals surface area (Å²) in [6.45, 7) is 2.07. The lowest BCUT2D eigenvalue weighted by Crippen LogP contribution is -2.54. The Morgan fingerprint density at radius 3 is 2.25 bits per heavy atom. The number of phenols is 1. The second-order valence-electron chi connectivity index (χ2n) is 12.4. The smallest absolute Gasteiger partial charge is 0.347 e. The summed E-state index contributed by atoms with van der Waals surface area (Å²) in [6.07, 6.45) is 5.67. The van der Waals surface area contributed by atoms with Crippen molar-refractivity contribution in [3.05, 3.63) is 122 Å². The van der Waals surface area contributed by atoms with Crippen LogP contribution in [0.4, 0.5) is 5.69 Å². The molecule has 2 amide bonds. The van der Waals surface area contributed by atoms with E-state index in [4.69, 9.17) is 9.47 Å². The highest BCUT2D eigenvalue weighted by Gasteiger charge is 2.67. The van der Waals surface area contributed by atoms with Crippen LogP contribution in [0.5, 0.6) is 17.2 Å². The van der Waals surface area contributed by atoms with E-state index in [-0.39, 0.29) is 30.2 Å². The van der Waals surface area contributed by atoms with Crippen molar-refractivity contribution >= 4 is 23.6 Å². The van der Waals surface area contributed by atoms with Gasteiger partial charge in [0.1, 0.15) is 0 Å². The van der Waals surface area contributed by atoms with Crippen molar-refractivity contribution in [2.24, 2.45) is 18.9 Å². The number of hydrazine groups is 1. The van der Waals surface area contributed by atoms with E-state index in [0.29, 0.717) is 16.8 Å². The average molecular weight is 650 g/mol. The van der Waals surface area contributed by atoms with Gasteiger partial charge < -0.3 is 14.6 Å². The number of allylic oxidation sites excluding steroid dienone is 3. The molecule has 48 heavy (non-hydrogen) atoms. The van der Waals surface area contributed by atoms with Crippen molar-refractivity contribution in [3.63, 3.8) is 0 Å². The summed E-state index contributed by atoms with van der Waals surface area (Å²) >= 11 is 0. The number of amides is 2. The summed E-state index contributed by atoms with van der Waals surface area (Å²) in [5, 5.41) is 11.6. The molecule has 2 N–H and O–H groups in total. The number of imide groups is 1. The molecule has 2 aliphatic heterocycles. The molecule has 1 saturated heterocycles. The SMILES string of the molecule is COc1cc(C=C[C@H]2C3=CCn4c(=O)n(C)c(=O)n4[C@@H]3C[C@H]3C(=O)N(Nc4ccc(C)cc4)C(=O)[C@@]23c2ccccc2)cc(OC)c1O. The highest BCUT2D eigenvalue weighted by atomic mass is 16.5. The lowest BCUT2D eigenvalue weighted by Gasteiger charge is -2.47. The minimum Gasteiger partial charge on any atom is -0.502 e. The molecule has 7 rings (SSSR count). The molecule has 4 aromatic rings. The lowest BCUT2D eigenvalue weighted by molar-refractivity contribution is -0.138. The quantitative estimate of drug-likeness (QED) is 0.229. The molecule has 0 unspecified atom stereocenters. The summed E-state index contributed by atoms with van der Waals surface area (Å²) in [5.41, 5.74) is 4.33. The van der Waals surface area contributed by atoms with Gasteiger partial charge in [-0.2, -0.15) is 5.01 Å². The van der Waals surface area contributed by atoms with Crippen molar-refractivity contribution in [1.82, 2.24) is 18.9 Å². The van der Waals surface area contributed by atoms with E-state index in [1.807, 2.05) is 61.5 Å². The Morgan fingerprint density at radius 1 is 0.938 bits per heavy atom. The van der Waals surface area contributed by atoms with Crippen LogP contribution in [0.2, 0.25) is 0 Å². The van der Waals surface area contributed by atoms with Gasteiger partial charge in [0.15, 0.2) is 11.5 Å². The van der Waals surface area contributed by atoms with Gasteiger partial charge in [-0.05, 0) is 54.3 Å². The summed E-state index contributed by atoms with van der Waals surface area (Å²) in [5.74, 6) is -2.25. The van der Waals surface area contributed by atoms with Crippen LogP contribution in [0.3, 0.4) is 0 Å². The molecule has 0 radical (unpaired) electrons. The summed E-state index contributed by atoms with van der Waals surface area (Å²) in [6, 6.07) is 19.2. The maximum Gasteiger partial charge on any atom is 0.347 e. The maximum absolute atomic E-state index is 15.0. The Kier molecular flexibility index (Phi) is 7.38. The number of ether oxygens (including phenoxy) is 2. The van der Waals surface area contributed by atoms with E-state index >= 15 is 4.79 Å². The Balaban J connectivity index is 1.45. The number of benzene rings is 3. The number of carbonyl (C=O) groups excluding carboxylic acids is 2. The molecular weight excluding hydrogens is 614 g/mol. The summed E-state index contributed by atoms with van der Waals surface area (Å²) < 4.78 is 14.6. The van der Waals surface area contributed by atoms with Crippen LogP contribution < -0.4 is 26.3 Å². The molecule has 2 fully saturated rings. The van der Waals surface area contributed by atoms with Gasteiger partial charge in [0.05, 0.1) is 43.8 Å². The number of nitrogens with zero attached hydrogens (tertiary/aromatic N) is 4. The number of nitrogens with one attached hydrogen (secondary N) is 1. The fourth-order valence-corrected chi connectivity index (χ4v) is 7.58. The van der Waals surface area contributed by atoms with Crippen molar-refractivity contribution in [2.75, 3.05) is 19.6 Å². The normalized spacial score (nSPS) is 23.0. The number of anilines is 1. The van der Waals surface area contributed by atoms with Crippen LogP contribution in [-0.2, 0) is 28.6 Å². The van der Waals surface area contributed by atoms with Crippen molar-refractivity contribution < 1.29 is 24.2 Å². The third-order valence-corrected chi connectivity index (χ3v) is 9.89. The number of hydrogen-bond acceptors (Lipinski definition) is 8.